The first-order valence-electron chi connectivity index (χ1n) is 6.42. The van der Waals surface area contributed by atoms with Crippen LogP contribution in [0.4, 0.5) is 4.39 Å². The van der Waals surface area contributed by atoms with E-state index in [2.05, 4.69) is 15.9 Å². The lowest BCUT2D eigenvalue weighted by Crippen LogP contribution is -2.07. The second-order valence-electron chi connectivity index (χ2n) is 4.72. The van der Waals surface area contributed by atoms with Crippen molar-refractivity contribution in [2.45, 2.75) is 44.3 Å². The highest BCUT2D eigenvalue weighted by Gasteiger charge is 2.18. The number of benzene rings is 1. The first kappa shape index (κ1) is 14.0. The van der Waals surface area contributed by atoms with Crippen LogP contribution in [0.3, 0.4) is 0 Å². The predicted octanol–water partition coefficient (Wildman–Crippen LogP) is 3.97. The lowest BCUT2D eigenvalue weighted by atomic mass is 10.0. The van der Waals surface area contributed by atoms with Gasteiger partial charge in [-0.25, -0.2) is 4.39 Å². The summed E-state index contributed by atoms with van der Waals surface area (Å²) in [6, 6.07) is 4.76. The van der Waals surface area contributed by atoms with Crippen molar-refractivity contribution >= 4 is 15.9 Å². The van der Waals surface area contributed by atoms with Crippen molar-refractivity contribution in [3.05, 3.63) is 34.1 Å². The Kier molecular flexibility index (Phi) is 5.15. The second-order valence-corrected chi connectivity index (χ2v) is 5.57. The van der Waals surface area contributed by atoms with E-state index in [0.717, 1.165) is 32.3 Å². The molecule has 100 valence electrons. The van der Waals surface area contributed by atoms with E-state index in [1.54, 1.807) is 12.1 Å². The monoisotopic (exact) mass is 316 g/mol. The van der Waals surface area contributed by atoms with Gasteiger partial charge >= 0.3 is 0 Å². The van der Waals surface area contributed by atoms with Gasteiger partial charge in [-0.2, -0.15) is 0 Å². The van der Waals surface area contributed by atoms with Crippen molar-refractivity contribution in [1.29, 1.82) is 0 Å². The molecule has 2 unspecified atom stereocenters. The van der Waals surface area contributed by atoms with Crippen LogP contribution in [-0.2, 0) is 4.74 Å². The molecule has 0 amide bonds. The van der Waals surface area contributed by atoms with Gasteiger partial charge in [0.05, 0.1) is 12.2 Å². The van der Waals surface area contributed by atoms with Crippen molar-refractivity contribution in [3.8, 4) is 0 Å². The highest BCUT2D eigenvalue weighted by molar-refractivity contribution is 9.10. The van der Waals surface area contributed by atoms with Crippen LogP contribution in [0.2, 0.25) is 0 Å². The number of aliphatic hydroxyl groups is 1. The number of hydrogen-bond acceptors (Lipinski definition) is 2. The highest BCUT2D eigenvalue weighted by Crippen LogP contribution is 2.30. The Morgan fingerprint density at radius 2 is 2.33 bits per heavy atom. The molecule has 0 bridgehead atoms. The first-order chi connectivity index (χ1) is 8.68. The van der Waals surface area contributed by atoms with Crippen molar-refractivity contribution in [2.24, 2.45) is 0 Å². The molecule has 1 aliphatic rings. The molecule has 2 rings (SSSR count). The van der Waals surface area contributed by atoms with Crippen LogP contribution < -0.4 is 0 Å². The van der Waals surface area contributed by atoms with Crippen LogP contribution in [0.15, 0.2) is 22.7 Å². The summed E-state index contributed by atoms with van der Waals surface area (Å²) in [4.78, 5) is 0. The van der Waals surface area contributed by atoms with Crippen LogP contribution in [0.1, 0.15) is 43.8 Å². The normalized spacial score (nSPS) is 21.2. The van der Waals surface area contributed by atoms with Crippen molar-refractivity contribution in [1.82, 2.24) is 0 Å². The van der Waals surface area contributed by atoms with Crippen LogP contribution in [0.5, 0.6) is 0 Å². The molecule has 0 spiro atoms. The van der Waals surface area contributed by atoms with E-state index < -0.39 is 6.10 Å². The molecule has 1 N–H and O–H groups in total. The number of halogens is 2. The lowest BCUT2D eigenvalue weighted by Gasteiger charge is -2.15. The minimum Gasteiger partial charge on any atom is -0.388 e. The zero-order chi connectivity index (χ0) is 13.0. The summed E-state index contributed by atoms with van der Waals surface area (Å²) in [5.41, 5.74) is 0.366. The second kappa shape index (κ2) is 6.64. The fourth-order valence-electron chi connectivity index (χ4n) is 2.38. The highest BCUT2D eigenvalue weighted by atomic mass is 79.9. The largest absolute Gasteiger partial charge is 0.388 e. The van der Waals surface area contributed by atoms with E-state index in [0.29, 0.717) is 22.6 Å². The molecule has 1 saturated heterocycles. The quantitative estimate of drug-likeness (QED) is 0.890. The predicted molar refractivity (Wildman–Crippen MR) is 71.9 cm³/mol. The maximum absolute atomic E-state index is 13.6. The van der Waals surface area contributed by atoms with Crippen LogP contribution in [0.25, 0.3) is 0 Å². The molecular weight excluding hydrogens is 299 g/mol. The van der Waals surface area contributed by atoms with E-state index >= 15 is 0 Å². The average Bonchev–Trinajstić information content (AvgIpc) is 2.82. The first-order valence-corrected chi connectivity index (χ1v) is 7.21. The molecule has 0 aliphatic carbocycles. The minimum absolute atomic E-state index is 0.335. The van der Waals surface area contributed by atoms with Gasteiger partial charge in [0.1, 0.15) is 5.82 Å². The molecule has 0 aromatic heterocycles. The fourth-order valence-corrected chi connectivity index (χ4v) is 2.99. The van der Waals surface area contributed by atoms with E-state index in [9.17, 15) is 9.50 Å². The van der Waals surface area contributed by atoms with Gasteiger partial charge < -0.3 is 9.84 Å². The molecule has 1 aromatic carbocycles. The fraction of sp³-hybridized carbons (Fsp3) is 0.571. The summed E-state index contributed by atoms with van der Waals surface area (Å²) in [6.07, 6.45) is 4.20. The van der Waals surface area contributed by atoms with E-state index in [4.69, 9.17) is 4.74 Å². The molecule has 0 saturated carbocycles. The molecule has 1 aromatic rings. The molecule has 1 fully saturated rings. The van der Waals surface area contributed by atoms with Gasteiger partial charge in [-0.15, -0.1) is 0 Å². The zero-order valence-corrected chi connectivity index (χ0v) is 11.8. The van der Waals surface area contributed by atoms with Gasteiger partial charge in [0.25, 0.3) is 0 Å². The number of hydrogen-bond donors (Lipinski definition) is 1. The Hall–Kier alpha value is -0.450. The minimum atomic E-state index is -0.748. The summed E-state index contributed by atoms with van der Waals surface area (Å²) in [6.45, 7) is 0.853. The third-order valence-corrected chi connectivity index (χ3v) is 4.05. The summed E-state index contributed by atoms with van der Waals surface area (Å²) in [5.74, 6) is -0.353. The molecular formula is C14H18BrFO2. The van der Waals surface area contributed by atoms with Crippen molar-refractivity contribution < 1.29 is 14.2 Å². The Balaban J connectivity index is 1.85. The van der Waals surface area contributed by atoms with Crippen molar-refractivity contribution in [3.63, 3.8) is 0 Å². The molecule has 2 atom stereocenters. The van der Waals surface area contributed by atoms with Crippen LogP contribution >= 0.6 is 15.9 Å². The van der Waals surface area contributed by atoms with E-state index in [1.807, 2.05) is 0 Å². The van der Waals surface area contributed by atoms with Gasteiger partial charge in [-0.1, -0.05) is 22.0 Å². The van der Waals surface area contributed by atoms with Crippen LogP contribution in [0, 0.1) is 5.82 Å². The average molecular weight is 317 g/mol. The molecule has 1 heterocycles. The Labute approximate surface area is 115 Å². The number of aliphatic hydroxyl groups excluding tert-OH is 1. The number of rotatable bonds is 5. The Bertz CT molecular complexity index is 371. The van der Waals surface area contributed by atoms with E-state index in [-0.39, 0.29) is 5.82 Å². The lowest BCUT2D eigenvalue weighted by molar-refractivity contribution is 0.0939. The standard InChI is InChI=1S/C14H18BrFO2/c15-11-6-2-7-12(16)14(11)13(17)8-1-4-10-5-3-9-18-10/h2,6-7,10,13,17H,1,3-5,8-9H2. The Morgan fingerprint density at radius 3 is 3.00 bits per heavy atom. The van der Waals surface area contributed by atoms with Crippen molar-refractivity contribution in [2.75, 3.05) is 6.61 Å². The summed E-state index contributed by atoms with van der Waals surface area (Å²) in [7, 11) is 0. The van der Waals surface area contributed by atoms with Gasteiger partial charge in [0.2, 0.25) is 0 Å². The Morgan fingerprint density at radius 1 is 1.50 bits per heavy atom. The zero-order valence-electron chi connectivity index (χ0n) is 10.2. The van der Waals surface area contributed by atoms with Gasteiger partial charge in [-0.3, -0.25) is 0 Å². The summed E-state index contributed by atoms with van der Waals surface area (Å²) >= 11 is 3.28. The summed E-state index contributed by atoms with van der Waals surface area (Å²) < 4.78 is 19.8. The maximum atomic E-state index is 13.6. The van der Waals surface area contributed by atoms with Gasteiger partial charge in [0.15, 0.2) is 0 Å². The molecule has 2 nitrogen and oxygen atoms in total. The molecule has 18 heavy (non-hydrogen) atoms. The molecule has 1 aliphatic heterocycles. The van der Waals surface area contributed by atoms with Gasteiger partial charge in [0, 0.05) is 16.6 Å². The molecule has 0 radical (unpaired) electrons. The SMILES string of the molecule is OC(CCCC1CCCO1)c1c(F)cccc1Br. The summed E-state index contributed by atoms with van der Waals surface area (Å²) in [5, 5.41) is 10.0. The molecule has 4 heteroatoms. The number of ether oxygens (including phenoxy) is 1. The van der Waals surface area contributed by atoms with Gasteiger partial charge in [-0.05, 0) is 44.2 Å². The van der Waals surface area contributed by atoms with Crippen LogP contribution in [-0.4, -0.2) is 17.8 Å². The van der Waals surface area contributed by atoms with E-state index in [1.165, 1.54) is 6.07 Å². The smallest absolute Gasteiger partial charge is 0.130 e. The third kappa shape index (κ3) is 3.53. The third-order valence-electron chi connectivity index (χ3n) is 3.36. The maximum Gasteiger partial charge on any atom is 0.130 e. The topological polar surface area (TPSA) is 29.5 Å².